The van der Waals surface area contributed by atoms with E-state index in [4.69, 9.17) is 17.0 Å². The summed E-state index contributed by atoms with van der Waals surface area (Å²) in [5.41, 5.74) is 7.20. The normalized spacial score (nSPS) is 14.6. The van der Waals surface area contributed by atoms with Crippen LogP contribution in [0, 0.1) is 18.6 Å². The maximum atomic E-state index is 5.58. The Morgan fingerprint density at radius 3 is 2.31 bits per heavy atom. The molecule has 2 aromatic carbocycles. The molecule has 0 aliphatic carbocycles. The van der Waals surface area contributed by atoms with E-state index < -0.39 is 0 Å². The van der Waals surface area contributed by atoms with Crippen LogP contribution in [0.15, 0.2) is 36.4 Å². The van der Waals surface area contributed by atoms with Gasteiger partial charge in [-0.25, -0.2) is 0 Å². The van der Waals surface area contributed by atoms with Crippen LogP contribution in [0.3, 0.4) is 0 Å². The Kier molecular flexibility index (Phi) is 5.56. The zero-order valence-corrected chi connectivity index (χ0v) is 18.3. The maximum absolute atomic E-state index is 5.58. The molecule has 1 N–H and O–H groups in total. The summed E-state index contributed by atoms with van der Waals surface area (Å²) in [6.07, 6.45) is 0. The molecule has 1 fully saturated rings. The van der Waals surface area contributed by atoms with Crippen molar-refractivity contribution in [2.45, 2.75) is 33.6 Å². The predicted octanol–water partition coefficient (Wildman–Crippen LogP) is 5.17. The largest absolute Gasteiger partial charge is 0.378 e. The van der Waals surface area contributed by atoms with Gasteiger partial charge in [-0.15, -0.1) is 0 Å². The molecule has 152 valence electrons. The predicted molar refractivity (Wildman–Crippen MR) is 121 cm³/mol. The van der Waals surface area contributed by atoms with Gasteiger partial charge in [-0.05, 0) is 79.0 Å². The highest BCUT2D eigenvalue weighted by atomic mass is 32.1. The molecular formula is C23H28N4OS. The molecule has 0 unspecified atom stereocenters. The molecule has 1 aromatic heterocycles. The lowest BCUT2D eigenvalue weighted by Gasteiger charge is -2.29. The number of morpholine rings is 1. The van der Waals surface area contributed by atoms with Crippen LogP contribution in [0.2, 0.25) is 0 Å². The second-order valence-electron chi connectivity index (χ2n) is 7.98. The molecule has 0 amide bonds. The Morgan fingerprint density at radius 2 is 1.66 bits per heavy atom. The third-order valence-electron chi connectivity index (χ3n) is 5.63. The van der Waals surface area contributed by atoms with Crippen LogP contribution in [-0.4, -0.2) is 41.1 Å². The van der Waals surface area contributed by atoms with E-state index in [1.54, 1.807) is 0 Å². The molecule has 1 saturated heterocycles. The van der Waals surface area contributed by atoms with E-state index in [0.29, 0.717) is 10.7 Å². The van der Waals surface area contributed by atoms with Gasteiger partial charge in [-0.3, -0.25) is 9.67 Å². The van der Waals surface area contributed by atoms with Gasteiger partial charge in [0.2, 0.25) is 0 Å². The molecule has 6 heteroatoms. The van der Waals surface area contributed by atoms with E-state index in [1.165, 1.54) is 22.4 Å². The van der Waals surface area contributed by atoms with Gasteiger partial charge in [0.05, 0.1) is 18.9 Å². The number of hydrogen-bond acceptors (Lipinski definition) is 4. The Balaban J connectivity index is 1.75. The zero-order chi connectivity index (χ0) is 20.5. The Labute approximate surface area is 177 Å². The van der Waals surface area contributed by atoms with Crippen molar-refractivity contribution in [3.05, 3.63) is 57.9 Å². The molecule has 0 atom stereocenters. The van der Waals surface area contributed by atoms with Crippen molar-refractivity contribution in [3.63, 3.8) is 0 Å². The molecule has 5 nitrogen and oxygen atoms in total. The summed E-state index contributed by atoms with van der Waals surface area (Å²) in [4.78, 5) is 2.35. The first-order valence-corrected chi connectivity index (χ1v) is 10.6. The topological polar surface area (TPSA) is 46.1 Å². The average molecular weight is 409 g/mol. The van der Waals surface area contributed by atoms with Crippen molar-refractivity contribution in [2.75, 3.05) is 31.2 Å². The highest BCUT2D eigenvalue weighted by Crippen LogP contribution is 2.31. The summed E-state index contributed by atoms with van der Waals surface area (Å²) in [5.74, 6) is 1.31. The summed E-state index contributed by atoms with van der Waals surface area (Å²) >= 11 is 5.58. The van der Waals surface area contributed by atoms with Gasteiger partial charge in [0.15, 0.2) is 10.6 Å². The molecule has 2 heterocycles. The smallest absolute Gasteiger partial charge is 0.200 e. The van der Waals surface area contributed by atoms with E-state index in [9.17, 15) is 0 Å². The van der Waals surface area contributed by atoms with Gasteiger partial charge in [0, 0.05) is 24.3 Å². The van der Waals surface area contributed by atoms with E-state index in [0.717, 1.165) is 43.4 Å². The van der Waals surface area contributed by atoms with Crippen LogP contribution in [0.4, 0.5) is 5.69 Å². The van der Waals surface area contributed by atoms with Crippen LogP contribution in [0.5, 0.6) is 0 Å². The number of H-pyrrole nitrogens is 1. The molecule has 3 aromatic rings. The number of aromatic amines is 1. The fourth-order valence-corrected chi connectivity index (χ4v) is 4.32. The van der Waals surface area contributed by atoms with Gasteiger partial charge < -0.3 is 9.64 Å². The molecule has 0 spiro atoms. The third-order valence-corrected chi connectivity index (χ3v) is 5.91. The van der Waals surface area contributed by atoms with Gasteiger partial charge >= 0.3 is 0 Å². The number of hydrogen-bond donors (Lipinski definition) is 1. The van der Waals surface area contributed by atoms with Gasteiger partial charge in [-0.1, -0.05) is 19.9 Å². The Morgan fingerprint density at radius 1 is 1.00 bits per heavy atom. The number of ether oxygens (including phenoxy) is 1. The van der Waals surface area contributed by atoms with Gasteiger partial charge in [-0.2, -0.15) is 5.10 Å². The summed E-state index contributed by atoms with van der Waals surface area (Å²) < 4.78 is 8.09. The standard InChI is InChI=1S/C23H28N4OS/c1-15(2)20-14-21(17(4)13-16(20)3)22-24-25-23(29)27(22)19-7-5-18(6-8-19)26-9-11-28-12-10-26/h5-8,13-15H,9-12H2,1-4H3,(H,25,29). The SMILES string of the molecule is Cc1cc(C)c(C(C)C)cc1-c1n[nH]c(=S)n1-c1ccc(N2CCOCC2)cc1. The number of aromatic nitrogens is 3. The van der Waals surface area contributed by atoms with Crippen molar-refractivity contribution in [2.24, 2.45) is 0 Å². The fourth-order valence-electron chi connectivity index (χ4n) is 4.08. The number of aryl methyl sites for hydroxylation is 2. The monoisotopic (exact) mass is 408 g/mol. The van der Waals surface area contributed by atoms with Crippen molar-refractivity contribution >= 4 is 17.9 Å². The van der Waals surface area contributed by atoms with Crippen molar-refractivity contribution in [3.8, 4) is 17.1 Å². The lowest BCUT2D eigenvalue weighted by atomic mass is 9.93. The Bertz CT molecular complexity index is 1060. The highest BCUT2D eigenvalue weighted by Gasteiger charge is 2.17. The van der Waals surface area contributed by atoms with Crippen LogP contribution in [0.25, 0.3) is 17.1 Å². The van der Waals surface area contributed by atoms with Crippen LogP contribution < -0.4 is 4.90 Å². The second-order valence-corrected chi connectivity index (χ2v) is 8.37. The molecule has 0 saturated carbocycles. The summed E-state index contributed by atoms with van der Waals surface area (Å²) in [6.45, 7) is 12.2. The quantitative estimate of drug-likeness (QED) is 0.605. The van der Waals surface area contributed by atoms with Crippen LogP contribution >= 0.6 is 12.2 Å². The molecule has 0 bridgehead atoms. The number of nitrogens with zero attached hydrogens (tertiary/aromatic N) is 3. The Hall–Kier alpha value is -2.44. The lowest BCUT2D eigenvalue weighted by molar-refractivity contribution is 0.122. The van der Waals surface area contributed by atoms with Crippen molar-refractivity contribution < 1.29 is 4.74 Å². The van der Waals surface area contributed by atoms with Gasteiger partial charge in [0.25, 0.3) is 0 Å². The highest BCUT2D eigenvalue weighted by molar-refractivity contribution is 7.71. The number of rotatable bonds is 4. The lowest BCUT2D eigenvalue weighted by Crippen LogP contribution is -2.36. The number of benzene rings is 2. The molecule has 1 aliphatic rings. The van der Waals surface area contributed by atoms with Gasteiger partial charge in [0.1, 0.15) is 0 Å². The molecule has 4 rings (SSSR count). The minimum Gasteiger partial charge on any atom is -0.378 e. The van der Waals surface area contributed by atoms with Crippen LogP contribution in [-0.2, 0) is 4.74 Å². The van der Waals surface area contributed by atoms with E-state index >= 15 is 0 Å². The van der Waals surface area contributed by atoms with E-state index in [-0.39, 0.29) is 0 Å². The molecule has 0 radical (unpaired) electrons. The average Bonchev–Trinajstić information content (AvgIpc) is 3.10. The fraction of sp³-hybridized carbons (Fsp3) is 0.391. The van der Waals surface area contributed by atoms with Crippen LogP contribution in [0.1, 0.15) is 36.5 Å². The number of anilines is 1. The summed E-state index contributed by atoms with van der Waals surface area (Å²) in [7, 11) is 0. The second kappa shape index (κ2) is 8.13. The molecule has 1 aliphatic heterocycles. The first kappa shape index (κ1) is 19.9. The summed E-state index contributed by atoms with van der Waals surface area (Å²) in [6, 6.07) is 13.0. The third kappa shape index (κ3) is 3.87. The first-order chi connectivity index (χ1) is 14.0. The molecular weight excluding hydrogens is 380 g/mol. The van der Waals surface area contributed by atoms with E-state index in [2.05, 4.69) is 79.2 Å². The number of nitrogens with one attached hydrogen (secondary N) is 1. The van der Waals surface area contributed by atoms with Crippen molar-refractivity contribution in [1.82, 2.24) is 14.8 Å². The zero-order valence-electron chi connectivity index (χ0n) is 17.5. The van der Waals surface area contributed by atoms with Crippen molar-refractivity contribution in [1.29, 1.82) is 0 Å². The minimum absolute atomic E-state index is 0.456. The first-order valence-electron chi connectivity index (χ1n) is 10.2. The van der Waals surface area contributed by atoms with E-state index in [1.807, 2.05) is 4.57 Å². The summed E-state index contributed by atoms with van der Waals surface area (Å²) in [5, 5.41) is 7.58. The maximum Gasteiger partial charge on any atom is 0.200 e. The molecule has 29 heavy (non-hydrogen) atoms. The minimum atomic E-state index is 0.456.